The number of ether oxygens (including phenoxy) is 2. The lowest BCUT2D eigenvalue weighted by Crippen LogP contribution is -2.27. The number of nitrogens with zero attached hydrogens (tertiary/aromatic N) is 1. The zero-order valence-electron chi connectivity index (χ0n) is 16.5. The fraction of sp³-hybridized carbons (Fsp3) is 0.208. The lowest BCUT2D eigenvalue weighted by molar-refractivity contribution is 0.0726. The molecule has 1 unspecified atom stereocenters. The highest BCUT2D eigenvalue weighted by Gasteiger charge is 2.36. The van der Waals surface area contributed by atoms with Gasteiger partial charge in [0.2, 0.25) is 0 Å². The summed E-state index contributed by atoms with van der Waals surface area (Å²) in [6, 6.07) is 20.2. The number of methoxy groups -OCH3 is 1. The van der Waals surface area contributed by atoms with Gasteiger partial charge in [-0.25, -0.2) is 4.98 Å². The molecule has 5 heteroatoms. The Morgan fingerprint density at radius 2 is 1.86 bits per heavy atom. The average molecular weight is 406 g/mol. The number of fused-ring (bicyclic) bond motifs is 1. The molecule has 0 aliphatic carbocycles. The van der Waals surface area contributed by atoms with Crippen LogP contribution < -0.4 is 9.47 Å². The van der Waals surface area contributed by atoms with E-state index in [0.717, 1.165) is 5.56 Å². The smallest absolute Gasteiger partial charge is 0.167 e. The monoisotopic (exact) mass is 405 g/mol. The maximum atomic E-state index is 11.4. The van der Waals surface area contributed by atoms with Crippen LogP contribution in [0.15, 0.2) is 72.2 Å². The van der Waals surface area contributed by atoms with Crippen molar-refractivity contribution < 1.29 is 14.6 Å². The van der Waals surface area contributed by atoms with Crippen LogP contribution in [0.2, 0.25) is 0 Å². The molecule has 0 aliphatic rings. The molecule has 0 amide bonds. The molecule has 29 heavy (non-hydrogen) atoms. The molecule has 0 aliphatic heterocycles. The molecule has 1 atom stereocenters. The molecule has 4 aromatic rings. The summed E-state index contributed by atoms with van der Waals surface area (Å²) in [5.41, 5.74) is 0.511. The molecule has 0 saturated heterocycles. The second-order valence-corrected chi connectivity index (χ2v) is 7.75. The van der Waals surface area contributed by atoms with E-state index >= 15 is 0 Å². The molecule has 4 rings (SSSR count). The Balaban J connectivity index is 1.65. The predicted molar refractivity (Wildman–Crippen MR) is 117 cm³/mol. The Bertz CT molecular complexity index is 1110. The van der Waals surface area contributed by atoms with E-state index in [1.54, 1.807) is 13.3 Å². The third-order valence-corrected chi connectivity index (χ3v) is 6.06. The van der Waals surface area contributed by atoms with Crippen LogP contribution in [-0.2, 0) is 12.2 Å². The predicted octanol–water partition coefficient (Wildman–Crippen LogP) is 5.53. The van der Waals surface area contributed by atoms with Gasteiger partial charge in [-0.05, 0) is 34.9 Å². The fourth-order valence-corrected chi connectivity index (χ4v) is 4.36. The highest BCUT2D eigenvalue weighted by molar-refractivity contribution is 7.09. The second kappa shape index (κ2) is 8.23. The van der Waals surface area contributed by atoms with Crippen LogP contribution in [0, 0.1) is 0 Å². The molecule has 3 aromatic carbocycles. The first kappa shape index (κ1) is 19.4. The van der Waals surface area contributed by atoms with Crippen LogP contribution >= 0.6 is 11.3 Å². The lowest BCUT2D eigenvalue weighted by Gasteiger charge is -2.27. The maximum Gasteiger partial charge on any atom is 0.167 e. The fourth-order valence-electron chi connectivity index (χ4n) is 3.54. The normalized spacial score (nSPS) is 13.2. The van der Waals surface area contributed by atoms with E-state index < -0.39 is 5.60 Å². The molecular weight excluding hydrogens is 382 g/mol. The lowest BCUT2D eigenvalue weighted by atomic mass is 9.90. The van der Waals surface area contributed by atoms with Gasteiger partial charge in [-0.1, -0.05) is 55.5 Å². The Morgan fingerprint density at radius 1 is 1.03 bits per heavy atom. The van der Waals surface area contributed by atoms with Crippen molar-refractivity contribution in [3.8, 4) is 11.5 Å². The van der Waals surface area contributed by atoms with Crippen LogP contribution in [-0.4, -0.2) is 17.2 Å². The summed E-state index contributed by atoms with van der Waals surface area (Å²) in [5.74, 6) is 1.13. The van der Waals surface area contributed by atoms with Gasteiger partial charge in [0.15, 0.2) is 11.5 Å². The molecule has 0 spiro atoms. The third kappa shape index (κ3) is 3.71. The van der Waals surface area contributed by atoms with Crippen molar-refractivity contribution in [1.82, 2.24) is 4.98 Å². The summed E-state index contributed by atoms with van der Waals surface area (Å²) in [7, 11) is 1.60. The molecule has 0 bridgehead atoms. The van der Waals surface area contributed by atoms with Crippen molar-refractivity contribution in [2.24, 2.45) is 0 Å². The number of benzene rings is 3. The topological polar surface area (TPSA) is 51.6 Å². The average Bonchev–Trinajstić information content (AvgIpc) is 3.32. The van der Waals surface area contributed by atoms with E-state index in [2.05, 4.69) is 35.3 Å². The first-order valence-electron chi connectivity index (χ1n) is 9.56. The second-order valence-electron chi connectivity index (χ2n) is 6.86. The summed E-state index contributed by atoms with van der Waals surface area (Å²) in [6.07, 6.45) is 2.18. The summed E-state index contributed by atoms with van der Waals surface area (Å²) in [4.78, 5) is 4.34. The first-order valence-corrected chi connectivity index (χ1v) is 10.4. The van der Waals surface area contributed by atoms with E-state index in [0.29, 0.717) is 35.1 Å². The quantitative estimate of drug-likeness (QED) is 0.439. The molecule has 1 N–H and O–H groups in total. The van der Waals surface area contributed by atoms with Crippen molar-refractivity contribution >= 4 is 22.1 Å². The Hall–Kier alpha value is -2.89. The molecule has 4 nitrogen and oxygen atoms in total. The number of para-hydroxylation sites is 1. The summed E-state index contributed by atoms with van der Waals surface area (Å²) in [6.45, 7) is 2.34. The van der Waals surface area contributed by atoms with Gasteiger partial charge in [-0.2, -0.15) is 0 Å². The Labute approximate surface area is 174 Å². The van der Waals surface area contributed by atoms with E-state index in [-0.39, 0.29) is 0 Å². The molecule has 148 valence electrons. The van der Waals surface area contributed by atoms with Crippen LogP contribution in [0.4, 0.5) is 0 Å². The van der Waals surface area contributed by atoms with Crippen molar-refractivity contribution in [3.63, 3.8) is 0 Å². The Morgan fingerprint density at radius 3 is 2.59 bits per heavy atom. The van der Waals surface area contributed by atoms with Gasteiger partial charge in [0, 0.05) is 17.1 Å². The number of thiazole rings is 1. The van der Waals surface area contributed by atoms with Crippen LogP contribution in [0.5, 0.6) is 11.5 Å². The summed E-state index contributed by atoms with van der Waals surface area (Å²) < 4.78 is 11.8. The third-order valence-electron chi connectivity index (χ3n) is 5.13. The minimum Gasteiger partial charge on any atom is -0.492 e. The number of aromatic nitrogens is 1. The van der Waals surface area contributed by atoms with Gasteiger partial charge in [-0.15, -0.1) is 11.3 Å². The summed E-state index contributed by atoms with van der Waals surface area (Å²) >= 11 is 1.43. The van der Waals surface area contributed by atoms with Crippen molar-refractivity contribution in [1.29, 1.82) is 0 Å². The van der Waals surface area contributed by atoms with Crippen LogP contribution in [0.1, 0.15) is 29.5 Å². The van der Waals surface area contributed by atoms with E-state index in [1.165, 1.54) is 22.1 Å². The molecule has 0 radical (unpaired) electrons. The van der Waals surface area contributed by atoms with Crippen molar-refractivity contribution in [3.05, 3.63) is 88.4 Å². The van der Waals surface area contributed by atoms with Gasteiger partial charge in [-0.3, -0.25) is 0 Å². The van der Waals surface area contributed by atoms with Crippen molar-refractivity contribution in [2.45, 2.75) is 25.6 Å². The first-order chi connectivity index (χ1) is 14.2. The van der Waals surface area contributed by atoms with Crippen LogP contribution in [0.3, 0.4) is 0 Å². The van der Waals surface area contributed by atoms with Gasteiger partial charge in [0.25, 0.3) is 0 Å². The minimum atomic E-state index is -1.22. The number of hydrogen-bond donors (Lipinski definition) is 1. The standard InChI is InChI=1S/C24H23NO3S/c1-3-24(26,23-25-13-14-29-23)20-9-6-10-21(22(20)27-2)28-16-17-11-12-18-7-4-5-8-19(18)15-17/h4-15,26H,3,16H2,1-2H3. The van der Waals surface area contributed by atoms with E-state index in [9.17, 15) is 5.11 Å². The SMILES string of the molecule is CCC(O)(c1nccs1)c1cccc(OCc2ccc3ccccc3c2)c1OC. The largest absolute Gasteiger partial charge is 0.492 e. The summed E-state index contributed by atoms with van der Waals surface area (Å²) in [5, 5.41) is 16.3. The van der Waals surface area contributed by atoms with Gasteiger partial charge < -0.3 is 14.6 Å². The van der Waals surface area contributed by atoms with Crippen LogP contribution in [0.25, 0.3) is 10.8 Å². The molecule has 0 saturated carbocycles. The van der Waals surface area contributed by atoms with E-state index in [1.807, 2.05) is 42.6 Å². The number of hydrogen-bond acceptors (Lipinski definition) is 5. The van der Waals surface area contributed by atoms with E-state index in [4.69, 9.17) is 9.47 Å². The molecule has 0 fully saturated rings. The maximum absolute atomic E-state index is 11.4. The highest BCUT2D eigenvalue weighted by Crippen LogP contribution is 2.43. The number of aliphatic hydroxyl groups is 1. The highest BCUT2D eigenvalue weighted by atomic mass is 32.1. The Kier molecular flexibility index (Phi) is 5.51. The molecule has 1 heterocycles. The minimum absolute atomic E-state index is 0.409. The zero-order chi connectivity index (χ0) is 20.3. The van der Waals surface area contributed by atoms with Gasteiger partial charge in [0.05, 0.1) is 7.11 Å². The molecule has 1 aromatic heterocycles. The van der Waals surface area contributed by atoms with Crippen molar-refractivity contribution in [2.75, 3.05) is 7.11 Å². The number of rotatable bonds is 7. The van der Waals surface area contributed by atoms with Gasteiger partial charge >= 0.3 is 0 Å². The zero-order valence-corrected chi connectivity index (χ0v) is 17.3. The van der Waals surface area contributed by atoms with Gasteiger partial charge in [0.1, 0.15) is 17.2 Å². The molecular formula is C24H23NO3S.